The molecule has 0 aliphatic carbocycles. The van der Waals surface area contributed by atoms with Gasteiger partial charge in [-0.3, -0.25) is 0 Å². The first-order chi connectivity index (χ1) is 12.0. The van der Waals surface area contributed by atoms with Crippen molar-refractivity contribution >= 4 is 11.7 Å². The van der Waals surface area contributed by atoms with Gasteiger partial charge in [0.2, 0.25) is 0 Å². The minimum Gasteiger partial charge on any atom is -0.497 e. The summed E-state index contributed by atoms with van der Waals surface area (Å²) in [4.78, 5) is 12.3. The molecule has 0 heterocycles. The zero-order valence-corrected chi connectivity index (χ0v) is 15.2. The van der Waals surface area contributed by atoms with Crippen LogP contribution in [0.2, 0.25) is 0 Å². The molecule has 1 atom stereocenters. The van der Waals surface area contributed by atoms with Crippen molar-refractivity contribution in [1.29, 1.82) is 0 Å². The second kappa shape index (κ2) is 8.97. The van der Waals surface area contributed by atoms with Crippen LogP contribution in [0.3, 0.4) is 0 Å². The lowest BCUT2D eigenvalue weighted by Gasteiger charge is -2.18. The van der Waals surface area contributed by atoms with Crippen LogP contribution in [-0.2, 0) is 6.42 Å². The fourth-order valence-corrected chi connectivity index (χ4v) is 2.51. The van der Waals surface area contributed by atoms with Gasteiger partial charge in [0.25, 0.3) is 0 Å². The number of carbonyl (C=O) groups excluding carboxylic acids is 1. The largest absolute Gasteiger partial charge is 0.497 e. The highest BCUT2D eigenvalue weighted by Gasteiger charge is 2.12. The molecule has 2 amide bonds. The van der Waals surface area contributed by atoms with Crippen molar-refractivity contribution in [3.8, 4) is 11.5 Å². The molecule has 0 saturated carbocycles. The number of methoxy groups -OCH3 is 1. The highest BCUT2D eigenvalue weighted by molar-refractivity contribution is 5.91. The third-order valence-corrected chi connectivity index (χ3v) is 3.55. The van der Waals surface area contributed by atoms with Gasteiger partial charge in [0.05, 0.1) is 18.9 Å². The summed E-state index contributed by atoms with van der Waals surface area (Å²) >= 11 is 0. The molecular formula is C20H26N2O3. The Morgan fingerprint density at radius 3 is 2.56 bits per heavy atom. The van der Waals surface area contributed by atoms with E-state index in [9.17, 15) is 4.79 Å². The Balaban J connectivity index is 1.93. The lowest BCUT2D eigenvalue weighted by molar-refractivity contribution is 0.241. The molecule has 0 bridgehead atoms. The van der Waals surface area contributed by atoms with Crippen molar-refractivity contribution < 1.29 is 14.3 Å². The molecule has 5 nitrogen and oxygen atoms in total. The van der Waals surface area contributed by atoms with Crippen LogP contribution in [0.4, 0.5) is 10.5 Å². The van der Waals surface area contributed by atoms with Crippen LogP contribution in [0.25, 0.3) is 0 Å². The van der Waals surface area contributed by atoms with E-state index in [1.807, 2.05) is 69.3 Å². The summed E-state index contributed by atoms with van der Waals surface area (Å²) in [5, 5.41) is 5.80. The molecule has 5 heteroatoms. The molecule has 0 aliphatic rings. The molecule has 134 valence electrons. The van der Waals surface area contributed by atoms with Gasteiger partial charge in [0.1, 0.15) is 11.5 Å². The van der Waals surface area contributed by atoms with Crippen molar-refractivity contribution in [2.24, 2.45) is 0 Å². The first-order valence-corrected chi connectivity index (χ1v) is 8.44. The van der Waals surface area contributed by atoms with Gasteiger partial charge < -0.3 is 20.1 Å². The van der Waals surface area contributed by atoms with Gasteiger partial charge in [-0.05, 0) is 57.0 Å². The molecule has 0 spiro atoms. The van der Waals surface area contributed by atoms with Crippen LogP contribution in [-0.4, -0.2) is 25.3 Å². The first-order valence-electron chi connectivity index (χ1n) is 8.44. The molecule has 0 radical (unpaired) electrons. The zero-order chi connectivity index (χ0) is 18.2. The fourth-order valence-electron chi connectivity index (χ4n) is 2.51. The Hall–Kier alpha value is -2.69. The predicted octanol–water partition coefficient (Wildman–Crippen LogP) is 4.24. The molecular weight excluding hydrogens is 316 g/mol. The average molecular weight is 342 g/mol. The molecule has 2 aromatic rings. The summed E-state index contributed by atoms with van der Waals surface area (Å²) in [5.74, 6) is 1.47. The molecule has 0 saturated heterocycles. The van der Waals surface area contributed by atoms with E-state index in [2.05, 4.69) is 10.6 Å². The monoisotopic (exact) mass is 342 g/mol. The van der Waals surface area contributed by atoms with Gasteiger partial charge in [0.15, 0.2) is 0 Å². The summed E-state index contributed by atoms with van der Waals surface area (Å²) in [6.07, 6.45) is 0.757. The Bertz CT molecular complexity index is 701. The number of rotatable bonds is 7. The molecule has 0 aromatic heterocycles. The van der Waals surface area contributed by atoms with Gasteiger partial charge in [-0.15, -0.1) is 0 Å². The van der Waals surface area contributed by atoms with E-state index in [1.165, 1.54) is 0 Å². The lowest BCUT2D eigenvalue weighted by Crippen LogP contribution is -2.37. The normalized spacial score (nSPS) is 11.7. The van der Waals surface area contributed by atoms with Crippen molar-refractivity contribution in [3.63, 3.8) is 0 Å². The van der Waals surface area contributed by atoms with E-state index in [0.717, 1.165) is 17.7 Å². The molecule has 25 heavy (non-hydrogen) atoms. The van der Waals surface area contributed by atoms with E-state index in [-0.39, 0.29) is 18.2 Å². The number of ether oxygens (including phenoxy) is 2. The van der Waals surface area contributed by atoms with Crippen molar-refractivity contribution in [3.05, 3.63) is 54.1 Å². The SMILES string of the molecule is COc1cccc(CC(C)NC(=O)Nc2ccccc2OC(C)C)c1. The van der Waals surface area contributed by atoms with Crippen molar-refractivity contribution in [2.75, 3.05) is 12.4 Å². The van der Waals surface area contributed by atoms with Crippen LogP contribution in [0.1, 0.15) is 26.3 Å². The molecule has 2 aromatic carbocycles. The Labute approximate surface area is 149 Å². The van der Waals surface area contributed by atoms with E-state index in [1.54, 1.807) is 7.11 Å². The lowest BCUT2D eigenvalue weighted by atomic mass is 10.1. The summed E-state index contributed by atoms with van der Waals surface area (Å²) in [6, 6.07) is 15.0. The summed E-state index contributed by atoms with van der Waals surface area (Å²) in [6.45, 7) is 5.87. The molecule has 2 rings (SSSR count). The number of anilines is 1. The molecule has 2 N–H and O–H groups in total. The first kappa shape index (κ1) is 18.6. The molecule has 0 fully saturated rings. The van der Waals surface area contributed by atoms with Crippen LogP contribution in [0, 0.1) is 0 Å². The number of carbonyl (C=O) groups is 1. The summed E-state index contributed by atoms with van der Waals surface area (Å²) in [5.41, 5.74) is 1.76. The zero-order valence-electron chi connectivity index (χ0n) is 15.2. The number of nitrogens with one attached hydrogen (secondary N) is 2. The van der Waals surface area contributed by atoms with Gasteiger partial charge in [0, 0.05) is 6.04 Å². The molecule has 0 aliphatic heterocycles. The van der Waals surface area contributed by atoms with Gasteiger partial charge in [-0.25, -0.2) is 4.79 Å². The van der Waals surface area contributed by atoms with E-state index < -0.39 is 0 Å². The summed E-state index contributed by atoms with van der Waals surface area (Å²) in [7, 11) is 1.64. The number of amides is 2. The average Bonchev–Trinajstić information content (AvgIpc) is 2.56. The summed E-state index contributed by atoms with van der Waals surface area (Å²) < 4.78 is 10.9. The highest BCUT2D eigenvalue weighted by Crippen LogP contribution is 2.24. The third-order valence-electron chi connectivity index (χ3n) is 3.55. The predicted molar refractivity (Wildman–Crippen MR) is 101 cm³/mol. The number of hydrogen-bond donors (Lipinski definition) is 2. The topological polar surface area (TPSA) is 59.6 Å². The second-order valence-corrected chi connectivity index (χ2v) is 6.22. The number of para-hydroxylation sites is 2. The Kier molecular flexibility index (Phi) is 6.69. The Morgan fingerprint density at radius 2 is 1.84 bits per heavy atom. The quantitative estimate of drug-likeness (QED) is 0.791. The number of hydrogen-bond acceptors (Lipinski definition) is 3. The molecule has 1 unspecified atom stereocenters. The van der Waals surface area contributed by atoms with Gasteiger partial charge in [-0.2, -0.15) is 0 Å². The van der Waals surface area contributed by atoms with Crippen LogP contribution >= 0.6 is 0 Å². The van der Waals surface area contributed by atoms with E-state index in [0.29, 0.717) is 11.4 Å². The van der Waals surface area contributed by atoms with Gasteiger partial charge in [-0.1, -0.05) is 24.3 Å². The van der Waals surface area contributed by atoms with Crippen molar-refractivity contribution in [1.82, 2.24) is 5.32 Å². The minimum absolute atomic E-state index is 0.0229. The van der Waals surface area contributed by atoms with Crippen molar-refractivity contribution in [2.45, 2.75) is 39.3 Å². The van der Waals surface area contributed by atoms with E-state index >= 15 is 0 Å². The Morgan fingerprint density at radius 1 is 1.08 bits per heavy atom. The van der Waals surface area contributed by atoms with Crippen LogP contribution in [0.5, 0.6) is 11.5 Å². The minimum atomic E-state index is -0.254. The smallest absolute Gasteiger partial charge is 0.319 e. The second-order valence-electron chi connectivity index (χ2n) is 6.22. The van der Waals surface area contributed by atoms with Crippen LogP contribution < -0.4 is 20.1 Å². The number of urea groups is 1. The van der Waals surface area contributed by atoms with E-state index in [4.69, 9.17) is 9.47 Å². The van der Waals surface area contributed by atoms with Crippen LogP contribution in [0.15, 0.2) is 48.5 Å². The number of benzene rings is 2. The maximum atomic E-state index is 12.3. The maximum absolute atomic E-state index is 12.3. The standard InChI is InChI=1S/C20H26N2O3/c1-14(2)25-19-11-6-5-10-18(19)22-20(23)21-15(3)12-16-8-7-9-17(13-16)24-4/h5-11,13-15H,12H2,1-4H3,(H2,21,22,23). The highest BCUT2D eigenvalue weighted by atomic mass is 16.5. The third kappa shape index (κ3) is 6.03. The van der Waals surface area contributed by atoms with Gasteiger partial charge >= 0.3 is 6.03 Å². The maximum Gasteiger partial charge on any atom is 0.319 e. The fraction of sp³-hybridized carbons (Fsp3) is 0.350.